The van der Waals surface area contributed by atoms with Gasteiger partial charge in [-0.05, 0) is 12.8 Å². The molecule has 2 heteroatoms. The molecule has 1 fully saturated rings. The molecule has 0 amide bonds. The van der Waals surface area contributed by atoms with Gasteiger partial charge in [0.25, 0.3) is 0 Å². The van der Waals surface area contributed by atoms with E-state index in [0.29, 0.717) is 0 Å². The molecule has 2 heterocycles. The maximum Gasteiger partial charge on any atom is 0.192 e. The van der Waals surface area contributed by atoms with Crippen molar-refractivity contribution in [1.82, 2.24) is 0 Å². The lowest BCUT2D eigenvalue weighted by atomic mass is 9.83. The first-order chi connectivity index (χ1) is 7.84. The number of fused-ring (bicyclic) bond motifs is 2. The molecule has 3 aliphatic rings. The van der Waals surface area contributed by atoms with Crippen molar-refractivity contribution in [2.24, 2.45) is 5.92 Å². The molecule has 1 aromatic carbocycles. The molecule has 2 nitrogen and oxygen atoms in total. The van der Waals surface area contributed by atoms with Gasteiger partial charge in [-0.15, -0.1) is 0 Å². The van der Waals surface area contributed by atoms with Crippen LogP contribution in [-0.2, 0) is 4.74 Å². The molecule has 0 aromatic heterocycles. The fourth-order valence-corrected chi connectivity index (χ4v) is 2.49. The zero-order chi connectivity index (χ0) is 11.0. The molecule has 16 heavy (non-hydrogen) atoms. The van der Waals surface area contributed by atoms with E-state index in [1.807, 2.05) is 30.3 Å². The predicted octanol–water partition coefficient (Wildman–Crippen LogP) is 2.60. The monoisotopic (exact) mass is 214 g/mol. The maximum absolute atomic E-state index is 12.2. The average Bonchev–Trinajstić information content (AvgIpc) is 2.40. The van der Waals surface area contributed by atoms with E-state index in [1.165, 1.54) is 0 Å². The van der Waals surface area contributed by atoms with E-state index < -0.39 is 0 Å². The fourth-order valence-electron chi connectivity index (χ4n) is 2.49. The van der Waals surface area contributed by atoms with Crippen molar-refractivity contribution < 1.29 is 9.53 Å². The standard InChI is InChI=1S/C14H14O2/c15-13(10-4-2-1-3-5-10)14-11-6-8-12(16-14)9-7-11/h1-6,8,11-12,14H,7,9H2. The van der Waals surface area contributed by atoms with Crippen LogP contribution in [0.15, 0.2) is 42.5 Å². The number of carbonyl (C=O) groups is 1. The summed E-state index contributed by atoms with van der Waals surface area (Å²) < 4.78 is 5.77. The van der Waals surface area contributed by atoms with Crippen molar-refractivity contribution in [3.63, 3.8) is 0 Å². The van der Waals surface area contributed by atoms with Crippen LogP contribution in [0.1, 0.15) is 23.2 Å². The highest BCUT2D eigenvalue weighted by atomic mass is 16.5. The number of hydrogen-bond acceptors (Lipinski definition) is 2. The van der Waals surface area contributed by atoms with Crippen LogP contribution in [0.5, 0.6) is 0 Å². The molecule has 0 N–H and O–H groups in total. The van der Waals surface area contributed by atoms with Crippen LogP contribution in [0.3, 0.4) is 0 Å². The van der Waals surface area contributed by atoms with Crippen LogP contribution < -0.4 is 0 Å². The van der Waals surface area contributed by atoms with Crippen molar-refractivity contribution in [3.05, 3.63) is 48.0 Å². The zero-order valence-corrected chi connectivity index (χ0v) is 9.00. The molecule has 4 rings (SSSR count). The summed E-state index contributed by atoms with van der Waals surface area (Å²) in [6, 6.07) is 9.42. The maximum atomic E-state index is 12.2. The van der Waals surface area contributed by atoms with Crippen LogP contribution in [-0.4, -0.2) is 18.0 Å². The minimum absolute atomic E-state index is 0.125. The minimum Gasteiger partial charge on any atom is -0.362 e. The Hall–Kier alpha value is -1.41. The van der Waals surface area contributed by atoms with Crippen molar-refractivity contribution in [3.8, 4) is 0 Å². The number of rotatable bonds is 2. The second-order valence-corrected chi connectivity index (χ2v) is 4.45. The van der Waals surface area contributed by atoms with Crippen LogP contribution in [0.4, 0.5) is 0 Å². The van der Waals surface area contributed by atoms with Gasteiger partial charge < -0.3 is 4.74 Å². The van der Waals surface area contributed by atoms with Gasteiger partial charge in [0.05, 0.1) is 6.10 Å². The third kappa shape index (κ3) is 1.59. The molecule has 2 bridgehead atoms. The van der Waals surface area contributed by atoms with Crippen LogP contribution in [0.2, 0.25) is 0 Å². The topological polar surface area (TPSA) is 26.3 Å². The Morgan fingerprint density at radius 2 is 1.94 bits per heavy atom. The van der Waals surface area contributed by atoms with E-state index in [9.17, 15) is 4.79 Å². The van der Waals surface area contributed by atoms with E-state index in [0.717, 1.165) is 18.4 Å². The van der Waals surface area contributed by atoms with Crippen LogP contribution in [0, 0.1) is 5.92 Å². The lowest BCUT2D eigenvalue weighted by Crippen LogP contribution is -2.42. The summed E-state index contributed by atoms with van der Waals surface area (Å²) in [5.74, 6) is 0.400. The molecular weight excluding hydrogens is 200 g/mol. The molecule has 0 radical (unpaired) electrons. The predicted molar refractivity (Wildman–Crippen MR) is 61.3 cm³/mol. The molecule has 3 atom stereocenters. The second kappa shape index (κ2) is 3.87. The number of Topliss-reactive ketones (excluding diaryl/α,β-unsaturated/α-hetero) is 1. The molecule has 1 aliphatic carbocycles. The minimum atomic E-state index is -0.258. The Balaban J connectivity index is 1.84. The summed E-state index contributed by atoms with van der Waals surface area (Å²) in [6.45, 7) is 0. The van der Waals surface area contributed by atoms with Gasteiger partial charge in [-0.3, -0.25) is 4.79 Å². The van der Waals surface area contributed by atoms with Gasteiger partial charge in [-0.25, -0.2) is 0 Å². The summed E-state index contributed by atoms with van der Waals surface area (Å²) >= 11 is 0. The normalized spacial score (nSPS) is 31.6. The van der Waals surface area contributed by atoms with Gasteiger partial charge in [0.1, 0.15) is 6.10 Å². The lowest BCUT2D eigenvalue weighted by molar-refractivity contribution is -0.0432. The van der Waals surface area contributed by atoms with Crippen molar-refractivity contribution >= 4 is 5.78 Å². The van der Waals surface area contributed by atoms with Gasteiger partial charge in [0.2, 0.25) is 0 Å². The number of hydrogen-bond donors (Lipinski definition) is 0. The first kappa shape index (κ1) is 9.79. The molecule has 82 valence electrons. The number of benzene rings is 1. The quantitative estimate of drug-likeness (QED) is 0.558. The Morgan fingerprint density at radius 3 is 2.50 bits per heavy atom. The highest BCUT2D eigenvalue weighted by Crippen LogP contribution is 2.33. The van der Waals surface area contributed by atoms with Gasteiger partial charge in [-0.1, -0.05) is 42.5 Å². The highest BCUT2D eigenvalue weighted by molar-refractivity contribution is 6.00. The zero-order valence-electron chi connectivity index (χ0n) is 9.00. The van der Waals surface area contributed by atoms with E-state index in [1.54, 1.807) is 0 Å². The Morgan fingerprint density at radius 1 is 1.12 bits per heavy atom. The molecule has 0 spiro atoms. The largest absolute Gasteiger partial charge is 0.362 e. The van der Waals surface area contributed by atoms with Crippen molar-refractivity contribution in [2.45, 2.75) is 25.0 Å². The smallest absolute Gasteiger partial charge is 0.192 e. The molecule has 1 saturated heterocycles. The fraction of sp³-hybridized carbons (Fsp3) is 0.357. The number of carbonyl (C=O) groups excluding carboxylic acids is 1. The number of ketones is 1. The van der Waals surface area contributed by atoms with Gasteiger partial charge in [0.15, 0.2) is 5.78 Å². The third-order valence-corrected chi connectivity index (χ3v) is 3.38. The Kier molecular flexibility index (Phi) is 2.37. The highest BCUT2D eigenvalue weighted by Gasteiger charge is 2.37. The summed E-state index contributed by atoms with van der Waals surface area (Å²) in [5.41, 5.74) is 0.758. The second-order valence-electron chi connectivity index (χ2n) is 4.45. The number of ether oxygens (including phenoxy) is 1. The van der Waals surface area contributed by atoms with Crippen LogP contribution >= 0.6 is 0 Å². The van der Waals surface area contributed by atoms with Gasteiger partial charge >= 0.3 is 0 Å². The molecule has 3 unspecified atom stereocenters. The van der Waals surface area contributed by atoms with Crippen LogP contribution in [0.25, 0.3) is 0 Å². The lowest BCUT2D eigenvalue weighted by Gasteiger charge is -2.37. The molecule has 0 saturated carbocycles. The van der Waals surface area contributed by atoms with Gasteiger partial charge in [-0.2, -0.15) is 0 Å². The first-order valence-corrected chi connectivity index (χ1v) is 5.77. The summed E-state index contributed by atoms with van der Waals surface area (Å²) in [6.07, 6.45) is 6.25. The Bertz CT molecular complexity index is 422. The SMILES string of the molecule is O=C(c1ccccc1)C1OC2C=CC1CC2. The molecular formula is C14H14O2. The summed E-state index contributed by atoms with van der Waals surface area (Å²) in [7, 11) is 0. The van der Waals surface area contributed by atoms with E-state index >= 15 is 0 Å². The first-order valence-electron chi connectivity index (χ1n) is 5.77. The van der Waals surface area contributed by atoms with E-state index in [4.69, 9.17) is 4.74 Å². The molecule has 1 aromatic rings. The summed E-state index contributed by atoms with van der Waals surface area (Å²) in [4.78, 5) is 12.2. The average molecular weight is 214 g/mol. The van der Waals surface area contributed by atoms with Crippen molar-refractivity contribution in [1.29, 1.82) is 0 Å². The third-order valence-electron chi connectivity index (χ3n) is 3.38. The van der Waals surface area contributed by atoms with Gasteiger partial charge in [0, 0.05) is 11.5 Å². The molecule has 2 aliphatic heterocycles. The Labute approximate surface area is 94.9 Å². The van der Waals surface area contributed by atoms with Crippen molar-refractivity contribution in [2.75, 3.05) is 0 Å². The van der Waals surface area contributed by atoms with E-state index in [2.05, 4.69) is 12.2 Å². The summed E-state index contributed by atoms with van der Waals surface area (Å²) in [5, 5.41) is 0. The van der Waals surface area contributed by atoms with E-state index in [-0.39, 0.29) is 23.9 Å².